The highest BCUT2D eigenvalue weighted by molar-refractivity contribution is 6.32. The van der Waals surface area contributed by atoms with Gasteiger partial charge in [-0.2, -0.15) is 0 Å². The average molecular weight is 498 g/mol. The summed E-state index contributed by atoms with van der Waals surface area (Å²) < 4.78 is 7.50. The highest BCUT2D eigenvalue weighted by Gasteiger charge is 2.25. The van der Waals surface area contributed by atoms with Gasteiger partial charge >= 0.3 is 11.7 Å². The van der Waals surface area contributed by atoms with Crippen molar-refractivity contribution in [3.63, 3.8) is 0 Å². The zero-order chi connectivity index (χ0) is 25.3. The molecular weight excluding hydrogens is 470 g/mol. The van der Waals surface area contributed by atoms with Gasteiger partial charge in [-0.25, -0.2) is 14.2 Å². The lowest BCUT2D eigenvalue weighted by molar-refractivity contribution is -0.132. The van der Waals surface area contributed by atoms with Crippen molar-refractivity contribution in [2.75, 3.05) is 19.7 Å². The third kappa shape index (κ3) is 4.50. The Morgan fingerprint density at radius 3 is 2.40 bits per heavy atom. The van der Waals surface area contributed by atoms with E-state index in [9.17, 15) is 19.2 Å². The van der Waals surface area contributed by atoms with Crippen LogP contribution in [0.5, 0.6) is 0 Å². The molecule has 1 amide bonds. The maximum absolute atomic E-state index is 13.7. The van der Waals surface area contributed by atoms with Crippen molar-refractivity contribution in [2.24, 2.45) is 0 Å². The molecular formula is C26H28ClN3O5. The van der Waals surface area contributed by atoms with Crippen molar-refractivity contribution >= 4 is 34.4 Å². The number of para-hydroxylation sites is 1. The molecule has 1 saturated heterocycles. The molecule has 0 radical (unpaired) electrons. The molecule has 0 spiro atoms. The average Bonchev–Trinajstić information content (AvgIpc) is 2.83. The number of aromatic nitrogens is 2. The van der Waals surface area contributed by atoms with Crippen LogP contribution in [0, 0.1) is 13.8 Å². The molecule has 2 aromatic carbocycles. The third-order valence-corrected chi connectivity index (χ3v) is 6.78. The molecule has 184 valence electrons. The molecule has 0 atom stereocenters. The van der Waals surface area contributed by atoms with Gasteiger partial charge in [-0.3, -0.25) is 14.2 Å². The van der Waals surface area contributed by atoms with E-state index in [1.807, 2.05) is 0 Å². The molecule has 2 heterocycles. The van der Waals surface area contributed by atoms with Gasteiger partial charge in [0.05, 0.1) is 33.8 Å². The van der Waals surface area contributed by atoms with Gasteiger partial charge in [0.15, 0.2) is 0 Å². The molecule has 0 unspecified atom stereocenters. The molecule has 1 aromatic heterocycles. The number of hydrogen-bond acceptors (Lipinski definition) is 5. The number of carbonyl (C=O) groups excluding carboxylic acids is 2. The summed E-state index contributed by atoms with van der Waals surface area (Å²) in [7, 11) is 0. The van der Waals surface area contributed by atoms with Crippen LogP contribution in [0.4, 0.5) is 0 Å². The van der Waals surface area contributed by atoms with Crippen molar-refractivity contribution in [3.8, 4) is 5.69 Å². The van der Waals surface area contributed by atoms with Gasteiger partial charge in [-0.15, -0.1) is 0 Å². The lowest BCUT2D eigenvalue weighted by Gasteiger charge is -2.27. The summed E-state index contributed by atoms with van der Waals surface area (Å²) in [6.07, 6.45) is 2.91. The maximum Gasteiger partial charge on any atom is 0.338 e. The van der Waals surface area contributed by atoms with Crippen molar-refractivity contribution in [3.05, 3.63) is 72.9 Å². The van der Waals surface area contributed by atoms with E-state index in [2.05, 4.69) is 0 Å². The van der Waals surface area contributed by atoms with Crippen LogP contribution < -0.4 is 11.2 Å². The predicted molar refractivity (Wildman–Crippen MR) is 135 cm³/mol. The van der Waals surface area contributed by atoms with Gasteiger partial charge in [0.2, 0.25) is 5.91 Å². The SMILES string of the molecule is CCOC(=O)c1c(C)cc2c(c1C)c(=O)n(-c1ccccc1Cl)c(=O)n2CC(=O)N1CCCCC1. The molecule has 0 saturated carbocycles. The number of nitrogens with zero attached hydrogens (tertiary/aromatic N) is 3. The first-order valence-corrected chi connectivity index (χ1v) is 12.1. The molecule has 1 fully saturated rings. The van der Waals surface area contributed by atoms with Crippen molar-refractivity contribution in [1.29, 1.82) is 0 Å². The number of aryl methyl sites for hydroxylation is 2. The molecule has 1 aliphatic heterocycles. The van der Waals surface area contributed by atoms with Crippen LogP contribution >= 0.6 is 11.6 Å². The molecule has 0 bridgehead atoms. The van der Waals surface area contributed by atoms with Gasteiger partial charge in [0, 0.05) is 13.1 Å². The number of carbonyl (C=O) groups is 2. The molecule has 4 rings (SSSR count). The number of rotatable bonds is 5. The van der Waals surface area contributed by atoms with Crippen molar-refractivity contribution in [1.82, 2.24) is 14.0 Å². The quantitative estimate of drug-likeness (QED) is 0.502. The zero-order valence-electron chi connectivity index (χ0n) is 20.1. The highest BCUT2D eigenvalue weighted by atomic mass is 35.5. The molecule has 8 nitrogen and oxygen atoms in total. The lowest BCUT2D eigenvalue weighted by Crippen LogP contribution is -2.44. The van der Waals surface area contributed by atoms with Crippen LogP contribution in [0.25, 0.3) is 16.6 Å². The summed E-state index contributed by atoms with van der Waals surface area (Å²) in [5.74, 6) is -0.738. The summed E-state index contributed by atoms with van der Waals surface area (Å²) in [6, 6.07) is 8.14. The second-order valence-electron chi connectivity index (χ2n) is 8.71. The fourth-order valence-electron chi connectivity index (χ4n) is 4.76. The second-order valence-corrected chi connectivity index (χ2v) is 9.12. The van der Waals surface area contributed by atoms with E-state index in [0.29, 0.717) is 29.7 Å². The number of hydrogen-bond donors (Lipinski definition) is 0. The summed E-state index contributed by atoms with van der Waals surface area (Å²) in [4.78, 5) is 55.1. The number of benzene rings is 2. The minimum absolute atomic E-state index is 0.171. The van der Waals surface area contributed by atoms with Crippen LogP contribution in [0.1, 0.15) is 47.7 Å². The molecule has 0 N–H and O–H groups in total. The van der Waals surface area contributed by atoms with Gasteiger partial charge in [-0.1, -0.05) is 23.7 Å². The first-order chi connectivity index (χ1) is 16.8. The van der Waals surface area contributed by atoms with E-state index in [1.54, 1.807) is 56.0 Å². The Morgan fingerprint density at radius 1 is 1.06 bits per heavy atom. The maximum atomic E-state index is 13.7. The summed E-state index contributed by atoms with van der Waals surface area (Å²) >= 11 is 6.36. The van der Waals surface area contributed by atoms with Crippen LogP contribution in [0.2, 0.25) is 5.02 Å². The number of amides is 1. The first-order valence-electron chi connectivity index (χ1n) is 11.8. The number of halogens is 1. The van der Waals surface area contributed by atoms with Crippen LogP contribution in [0.15, 0.2) is 39.9 Å². The van der Waals surface area contributed by atoms with Gasteiger partial charge in [0.1, 0.15) is 6.54 Å². The second kappa shape index (κ2) is 10.1. The van der Waals surface area contributed by atoms with Gasteiger partial charge < -0.3 is 9.64 Å². The van der Waals surface area contributed by atoms with E-state index in [-0.39, 0.29) is 40.7 Å². The Kier molecular flexibility index (Phi) is 7.12. The number of esters is 1. The lowest BCUT2D eigenvalue weighted by atomic mass is 9.98. The van der Waals surface area contributed by atoms with E-state index < -0.39 is 17.2 Å². The molecule has 0 aliphatic carbocycles. The highest BCUT2D eigenvalue weighted by Crippen LogP contribution is 2.25. The van der Waals surface area contributed by atoms with Crippen LogP contribution in [0.3, 0.4) is 0 Å². The normalized spacial score (nSPS) is 13.8. The number of likely N-dealkylation sites (tertiary alicyclic amines) is 1. The topological polar surface area (TPSA) is 90.6 Å². The van der Waals surface area contributed by atoms with Gasteiger partial charge in [-0.05, 0) is 69.4 Å². The number of ether oxygens (including phenoxy) is 1. The smallest absolute Gasteiger partial charge is 0.338 e. The van der Waals surface area contributed by atoms with E-state index >= 15 is 0 Å². The fraction of sp³-hybridized carbons (Fsp3) is 0.385. The summed E-state index contributed by atoms with van der Waals surface area (Å²) in [5.41, 5.74) is 0.464. The third-order valence-electron chi connectivity index (χ3n) is 6.46. The molecule has 3 aromatic rings. The first kappa shape index (κ1) is 24.7. The molecule has 35 heavy (non-hydrogen) atoms. The fourth-order valence-corrected chi connectivity index (χ4v) is 4.98. The molecule has 9 heteroatoms. The molecule has 1 aliphatic rings. The van der Waals surface area contributed by atoms with E-state index in [1.165, 1.54) is 4.57 Å². The van der Waals surface area contributed by atoms with E-state index in [4.69, 9.17) is 16.3 Å². The Hall–Kier alpha value is -3.39. The van der Waals surface area contributed by atoms with E-state index in [0.717, 1.165) is 23.8 Å². The zero-order valence-corrected chi connectivity index (χ0v) is 20.9. The summed E-state index contributed by atoms with van der Waals surface area (Å²) in [6.45, 7) is 6.32. The van der Waals surface area contributed by atoms with Crippen LogP contribution in [-0.2, 0) is 16.1 Å². The van der Waals surface area contributed by atoms with Crippen LogP contribution in [-0.4, -0.2) is 45.6 Å². The van der Waals surface area contributed by atoms with Crippen molar-refractivity contribution in [2.45, 2.75) is 46.6 Å². The standard InChI is InChI=1S/C26H28ClN3O5/c1-4-35-25(33)22-16(2)14-20-23(17(22)3)24(32)30(19-11-7-6-10-18(19)27)26(34)29(20)15-21(31)28-12-8-5-9-13-28/h6-7,10-11,14H,4-5,8-9,12-13,15H2,1-3H3. The van der Waals surface area contributed by atoms with Gasteiger partial charge in [0.25, 0.3) is 5.56 Å². The Morgan fingerprint density at radius 2 is 1.74 bits per heavy atom. The Bertz CT molecular complexity index is 1430. The minimum atomic E-state index is -0.663. The van der Waals surface area contributed by atoms with Crippen molar-refractivity contribution < 1.29 is 14.3 Å². The number of piperidine rings is 1. The minimum Gasteiger partial charge on any atom is -0.462 e. The number of fused-ring (bicyclic) bond motifs is 1. The Labute approximate surface area is 207 Å². The largest absolute Gasteiger partial charge is 0.462 e. The summed E-state index contributed by atoms with van der Waals surface area (Å²) in [5, 5.41) is 0.389. The monoisotopic (exact) mass is 497 g/mol. The predicted octanol–water partition coefficient (Wildman–Crippen LogP) is 3.61. The Balaban J connectivity index is 2.04.